The summed E-state index contributed by atoms with van der Waals surface area (Å²) in [7, 11) is 0. The standard InChI is InChI=1S/C16H20N4O/c17-13-3-1-2-11-10-14(18-15(11)13)16(21)20-8-6-19(7-9-20)12-4-5-12/h1-3,10,12,18H,4-9,17H2. The lowest BCUT2D eigenvalue weighted by molar-refractivity contribution is 0.0622. The van der Waals surface area contributed by atoms with Crippen molar-refractivity contribution in [3.63, 3.8) is 0 Å². The Bertz CT molecular complexity index is 681. The van der Waals surface area contributed by atoms with Crippen molar-refractivity contribution in [2.45, 2.75) is 18.9 Å². The van der Waals surface area contributed by atoms with Gasteiger partial charge in [0, 0.05) is 37.6 Å². The quantitative estimate of drug-likeness (QED) is 0.825. The van der Waals surface area contributed by atoms with Crippen molar-refractivity contribution in [2.24, 2.45) is 0 Å². The fraction of sp³-hybridized carbons (Fsp3) is 0.438. The molecule has 4 rings (SSSR count). The lowest BCUT2D eigenvalue weighted by Crippen LogP contribution is -2.49. The van der Waals surface area contributed by atoms with Gasteiger partial charge >= 0.3 is 0 Å². The van der Waals surface area contributed by atoms with Crippen molar-refractivity contribution in [3.05, 3.63) is 30.0 Å². The van der Waals surface area contributed by atoms with E-state index < -0.39 is 0 Å². The molecule has 5 heteroatoms. The van der Waals surface area contributed by atoms with Crippen LogP contribution in [0.15, 0.2) is 24.3 Å². The van der Waals surface area contributed by atoms with E-state index in [4.69, 9.17) is 5.73 Å². The second kappa shape index (κ2) is 4.77. The van der Waals surface area contributed by atoms with Gasteiger partial charge in [-0.15, -0.1) is 0 Å². The zero-order valence-corrected chi connectivity index (χ0v) is 12.0. The second-order valence-electron chi connectivity index (χ2n) is 6.05. The maximum absolute atomic E-state index is 12.6. The molecule has 1 aromatic heterocycles. The molecule has 1 saturated heterocycles. The molecule has 2 fully saturated rings. The number of nitrogens with zero attached hydrogens (tertiary/aromatic N) is 2. The summed E-state index contributed by atoms with van der Waals surface area (Å²) in [4.78, 5) is 20.2. The molecule has 0 spiro atoms. The first kappa shape index (κ1) is 12.7. The predicted molar refractivity (Wildman–Crippen MR) is 83.2 cm³/mol. The fourth-order valence-corrected chi connectivity index (χ4v) is 3.20. The molecule has 21 heavy (non-hydrogen) atoms. The summed E-state index contributed by atoms with van der Waals surface area (Å²) < 4.78 is 0. The number of benzene rings is 1. The molecular weight excluding hydrogens is 264 g/mol. The van der Waals surface area contributed by atoms with E-state index in [0.717, 1.165) is 43.1 Å². The Morgan fingerprint density at radius 1 is 1.19 bits per heavy atom. The number of H-pyrrole nitrogens is 1. The first-order valence-corrected chi connectivity index (χ1v) is 7.63. The maximum atomic E-state index is 12.6. The van der Waals surface area contributed by atoms with Crippen LogP contribution in [0.4, 0.5) is 5.69 Å². The van der Waals surface area contributed by atoms with Gasteiger partial charge in [0.25, 0.3) is 5.91 Å². The van der Waals surface area contributed by atoms with Gasteiger partial charge in [0.05, 0.1) is 11.2 Å². The molecule has 5 nitrogen and oxygen atoms in total. The summed E-state index contributed by atoms with van der Waals surface area (Å²) >= 11 is 0. The van der Waals surface area contributed by atoms with Gasteiger partial charge in [0.1, 0.15) is 5.69 Å². The average molecular weight is 284 g/mol. The van der Waals surface area contributed by atoms with Crippen molar-refractivity contribution >= 4 is 22.5 Å². The number of nitrogens with one attached hydrogen (secondary N) is 1. The van der Waals surface area contributed by atoms with Crippen LogP contribution in [0.3, 0.4) is 0 Å². The van der Waals surface area contributed by atoms with Gasteiger partial charge < -0.3 is 15.6 Å². The third-order valence-corrected chi connectivity index (χ3v) is 4.58. The predicted octanol–water partition coefficient (Wildman–Crippen LogP) is 1.67. The highest BCUT2D eigenvalue weighted by atomic mass is 16.2. The molecule has 0 unspecified atom stereocenters. The Hall–Kier alpha value is -2.01. The number of rotatable bonds is 2. The smallest absolute Gasteiger partial charge is 0.270 e. The monoisotopic (exact) mass is 284 g/mol. The summed E-state index contributed by atoms with van der Waals surface area (Å²) in [5.41, 5.74) is 8.13. The molecule has 1 aliphatic carbocycles. The minimum absolute atomic E-state index is 0.0843. The first-order chi connectivity index (χ1) is 10.2. The fourth-order valence-electron chi connectivity index (χ4n) is 3.20. The summed E-state index contributed by atoms with van der Waals surface area (Å²) in [6.07, 6.45) is 2.66. The molecule has 0 bridgehead atoms. The normalized spacial score (nSPS) is 20.1. The number of fused-ring (bicyclic) bond motifs is 1. The number of aromatic amines is 1. The van der Waals surface area contributed by atoms with E-state index in [-0.39, 0.29) is 5.91 Å². The molecule has 110 valence electrons. The first-order valence-electron chi connectivity index (χ1n) is 7.63. The van der Waals surface area contributed by atoms with Gasteiger partial charge in [-0.25, -0.2) is 0 Å². The number of para-hydroxylation sites is 1. The highest BCUT2D eigenvalue weighted by Crippen LogP contribution is 2.28. The number of amides is 1. The number of hydrogen-bond acceptors (Lipinski definition) is 3. The minimum atomic E-state index is 0.0843. The van der Waals surface area contributed by atoms with E-state index in [0.29, 0.717) is 11.4 Å². The SMILES string of the molecule is Nc1cccc2cc(C(=O)N3CCN(C4CC4)CC3)[nH]c12. The van der Waals surface area contributed by atoms with Crippen LogP contribution in [-0.4, -0.2) is 52.9 Å². The Labute approximate surface area is 123 Å². The van der Waals surface area contributed by atoms with Crippen LogP contribution >= 0.6 is 0 Å². The topological polar surface area (TPSA) is 65.4 Å². The number of carbonyl (C=O) groups excluding carboxylic acids is 1. The van der Waals surface area contributed by atoms with Crippen LogP contribution in [0.5, 0.6) is 0 Å². The van der Waals surface area contributed by atoms with Crippen LogP contribution in [-0.2, 0) is 0 Å². The molecular formula is C16H20N4O. The number of aromatic nitrogens is 1. The number of piperazine rings is 1. The van der Waals surface area contributed by atoms with Crippen molar-refractivity contribution in [3.8, 4) is 0 Å². The van der Waals surface area contributed by atoms with Crippen LogP contribution < -0.4 is 5.73 Å². The number of hydrogen-bond donors (Lipinski definition) is 2. The molecule has 1 saturated carbocycles. The van der Waals surface area contributed by atoms with Gasteiger partial charge in [0.15, 0.2) is 0 Å². The van der Waals surface area contributed by atoms with E-state index in [9.17, 15) is 4.79 Å². The maximum Gasteiger partial charge on any atom is 0.270 e. The number of carbonyl (C=O) groups is 1. The van der Waals surface area contributed by atoms with Gasteiger partial charge in [-0.05, 0) is 25.0 Å². The Kier molecular flexibility index (Phi) is 2.89. The zero-order valence-electron chi connectivity index (χ0n) is 12.0. The van der Waals surface area contributed by atoms with E-state index in [1.54, 1.807) is 0 Å². The molecule has 3 N–H and O–H groups in total. The van der Waals surface area contributed by atoms with E-state index in [1.165, 1.54) is 12.8 Å². The van der Waals surface area contributed by atoms with Gasteiger partial charge in [-0.2, -0.15) is 0 Å². The van der Waals surface area contributed by atoms with Gasteiger partial charge in [-0.1, -0.05) is 12.1 Å². The van der Waals surface area contributed by atoms with E-state index in [2.05, 4.69) is 9.88 Å². The van der Waals surface area contributed by atoms with Crippen LogP contribution in [0.2, 0.25) is 0 Å². The zero-order chi connectivity index (χ0) is 14.4. The number of nitrogen functional groups attached to an aromatic ring is 1. The van der Waals surface area contributed by atoms with Gasteiger partial charge in [-0.3, -0.25) is 9.69 Å². The summed E-state index contributed by atoms with van der Waals surface area (Å²) in [6.45, 7) is 3.64. The van der Waals surface area contributed by atoms with Crippen molar-refractivity contribution in [1.82, 2.24) is 14.8 Å². The highest BCUT2D eigenvalue weighted by molar-refractivity contribution is 6.00. The summed E-state index contributed by atoms with van der Waals surface area (Å²) in [5.74, 6) is 0.0843. The molecule has 1 aliphatic heterocycles. The molecule has 2 aromatic rings. The third-order valence-electron chi connectivity index (χ3n) is 4.58. The summed E-state index contributed by atoms with van der Waals surface area (Å²) in [6, 6.07) is 8.43. The average Bonchev–Trinajstić information content (AvgIpc) is 3.26. The molecule has 1 amide bonds. The Morgan fingerprint density at radius 3 is 2.62 bits per heavy atom. The summed E-state index contributed by atoms with van der Waals surface area (Å²) in [5, 5.41) is 0.995. The lowest BCUT2D eigenvalue weighted by atomic mass is 10.2. The van der Waals surface area contributed by atoms with Crippen molar-refractivity contribution in [1.29, 1.82) is 0 Å². The lowest BCUT2D eigenvalue weighted by Gasteiger charge is -2.34. The second-order valence-corrected chi connectivity index (χ2v) is 6.05. The van der Waals surface area contributed by atoms with Crippen LogP contribution in [0, 0.1) is 0 Å². The molecule has 2 heterocycles. The van der Waals surface area contributed by atoms with Crippen LogP contribution in [0.1, 0.15) is 23.3 Å². The van der Waals surface area contributed by atoms with E-state index >= 15 is 0 Å². The van der Waals surface area contributed by atoms with Crippen LogP contribution in [0.25, 0.3) is 10.9 Å². The molecule has 0 radical (unpaired) electrons. The van der Waals surface area contributed by atoms with Crippen molar-refractivity contribution in [2.75, 3.05) is 31.9 Å². The number of anilines is 1. The van der Waals surface area contributed by atoms with Crippen molar-refractivity contribution < 1.29 is 4.79 Å². The minimum Gasteiger partial charge on any atom is -0.397 e. The number of nitrogens with two attached hydrogens (primary N) is 1. The Morgan fingerprint density at radius 2 is 1.95 bits per heavy atom. The van der Waals surface area contributed by atoms with E-state index in [1.807, 2.05) is 29.2 Å². The highest BCUT2D eigenvalue weighted by Gasteiger charge is 2.32. The van der Waals surface area contributed by atoms with Gasteiger partial charge in [0.2, 0.25) is 0 Å². The third kappa shape index (κ3) is 2.27. The molecule has 0 atom stereocenters. The largest absolute Gasteiger partial charge is 0.397 e. The molecule has 2 aliphatic rings. The molecule has 1 aromatic carbocycles. The Balaban J connectivity index is 1.52.